The summed E-state index contributed by atoms with van der Waals surface area (Å²) in [5.41, 5.74) is 0.209. The lowest BCUT2D eigenvalue weighted by molar-refractivity contribution is 0.0910. The first-order valence-corrected chi connectivity index (χ1v) is 5.98. The maximum Gasteiger partial charge on any atom is 0.271 e. The van der Waals surface area contributed by atoms with Gasteiger partial charge in [-0.05, 0) is 12.8 Å². The normalized spacial score (nSPS) is 23.6. The van der Waals surface area contributed by atoms with Crippen molar-refractivity contribution in [2.75, 3.05) is 6.61 Å². The van der Waals surface area contributed by atoms with Gasteiger partial charge in [-0.3, -0.25) is 9.78 Å². The topological polar surface area (TPSA) is 75.1 Å². The smallest absolute Gasteiger partial charge is 0.271 e. The first kappa shape index (κ1) is 12.3. The predicted octanol–water partition coefficient (Wildman–Crippen LogP) is 1.02. The molecule has 0 bridgehead atoms. The number of amides is 1. The van der Waals surface area contributed by atoms with Crippen LogP contribution in [-0.2, 0) is 0 Å². The van der Waals surface area contributed by atoms with Crippen molar-refractivity contribution in [1.29, 1.82) is 0 Å². The number of nitrogens with one attached hydrogen (secondary N) is 1. The molecular formula is C11H14ClN3O2. The Balaban J connectivity index is 2.01. The van der Waals surface area contributed by atoms with Gasteiger partial charge < -0.3 is 10.4 Å². The summed E-state index contributed by atoms with van der Waals surface area (Å²) < 4.78 is 0. The van der Waals surface area contributed by atoms with Gasteiger partial charge in [-0.15, -0.1) is 0 Å². The second-order valence-electron chi connectivity index (χ2n) is 4.18. The Labute approximate surface area is 104 Å². The standard InChI is InChI=1S/C11H14ClN3O2/c12-10-5-13-4-9(14-10)11(17)15-8-3-1-2-7(8)6-16/h4-5,7-8,16H,1-3,6H2,(H,15,17). The third-order valence-electron chi connectivity index (χ3n) is 3.05. The Kier molecular flexibility index (Phi) is 3.91. The lowest BCUT2D eigenvalue weighted by atomic mass is 10.1. The van der Waals surface area contributed by atoms with Crippen molar-refractivity contribution in [2.45, 2.75) is 25.3 Å². The summed E-state index contributed by atoms with van der Waals surface area (Å²) in [5, 5.41) is 12.2. The number of aliphatic hydroxyl groups is 1. The van der Waals surface area contributed by atoms with Gasteiger partial charge in [-0.25, -0.2) is 4.98 Å². The number of aromatic nitrogens is 2. The minimum absolute atomic E-state index is 0.0216. The molecule has 1 aromatic heterocycles. The molecule has 2 atom stereocenters. The van der Waals surface area contributed by atoms with Crippen molar-refractivity contribution in [3.8, 4) is 0 Å². The lowest BCUT2D eigenvalue weighted by Crippen LogP contribution is -2.38. The van der Waals surface area contributed by atoms with E-state index >= 15 is 0 Å². The van der Waals surface area contributed by atoms with Crippen LogP contribution in [0.3, 0.4) is 0 Å². The highest BCUT2D eigenvalue weighted by atomic mass is 35.5. The highest BCUT2D eigenvalue weighted by Gasteiger charge is 2.28. The van der Waals surface area contributed by atoms with Crippen LogP contribution in [0, 0.1) is 5.92 Å². The zero-order valence-corrected chi connectivity index (χ0v) is 10.0. The average Bonchev–Trinajstić information content (AvgIpc) is 2.76. The molecule has 1 heterocycles. The van der Waals surface area contributed by atoms with Crippen LogP contribution in [0.4, 0.5) is 0 Å². The summed E-state index contributed by atoms with van der Waals surface area (Å²) in [7, 11) is 0. The first-order chi connectivity index (χ1) is 8.20. The minimum Gasteiger partial charge on any atom is -0.396 e. The van der Waals surface area contributed by atoms with Crippen molar-refractivity contribution in [1.82, 2.24) is 15.3 Å². The molecule has 0 aliphatic heterocycles. The minimum atomic E-state index is -0.287. The molecule has 1 aromatic rings. The Morgan fingerprint density at radius 1 is 1.53 bits per heavy atom. The highest BCUT2D eigenvalue weighted by molar-refractivity contribution is 6.29. The molecule has 1 aliphatic rings. The molecule has 17 heavy (non-hydrogen) atoms. The molecule has 2 rings (SSSR count). The fraction of sp³-hybridized carbons (Fsp3) is 0.545. The molecule has 0 spiro atoms. The molecule has 0 aromatic carbocycles. The molecule has 2 N–H and O–H groups in total. The van der Waals surface area contributed by atoms with E-state index in [1.807, 2.05) is 0 Å². The van der Waals surface area contributed by atoms with E-state index in [1.165, 1.54) is 12.4 Å². The number of carbonyl (C=O) groups is 1. The van der Waals surface area contributed by atoms with Gasteiger partial charge >= 0.3 is 0 Å². The number of hydrogen-bond acceptors (Lipinski definition) is 4. The van der Waals surface area contributed by atoms with E-state index in [9.17, 15) is 4.79 Å². The number of carbonyl (C=O) groups excluding carboxylic acids is 1. The molecule has 1 fully saturated rings. The SMILES string of the molecule is O=C(NC1CCCC1CO)c1cncc(Cl)n1. The quantitative estimate of drug-likeness (QED) is 0.846. The van der Waals surface area contributed by atoms with E-state index in [2.05, 4.69) is 15.3 Å². The van der Waals surface area contributed by atoms with Crippen LogP contribution in [0.2, 0.25) is 5.15 Å². The molecule has 1 saturated carbocycles. The molecule has 1 amide bonds. The molecule has 1 aliphatic carbocycles. The molecule has 0 saturated heterocycles. The van der Waals surface area contributed by atoms with Crippen LogP contribution in [0.15, 0.2) is 12.4 Å². The van der Waals surface area contributed by atoms with Crippen LogP contribution >= 0.6 is 11.6 Å². The number of nitrogens with zero attached hydrogens (tertiary/aromatic N) is 2. The van der Waals surface area contributed by atoms with Crippen molar-refractivity contribution >= 4 is 17.5 Å². The van der Waals surface area contributed by atoms with Crippen LogP contribution in [0.25, 0.3) is 0 Å². The summed E-state index contributed by atoms with van der Waals surface area (Å²) in [5.74, 6) is -0.142. The summed E-state index contributed by atoms with van der Waals surface area (Å²) in [6, 6.07) is 0.0216. The zero-order chi connectivity index (χ0) is 12.3. The number of aliphatic hydroxyl groups excluding tert-OH is 1. The van der Waals surface area contributed by atoms with Crippen molar-refractivity contribution in [2.24, 2.45) is 5.92 Å². The summed E-state index contributed by atoms with van der Waals surface area (Å²) in [6.07, 6.45) is 5.62. The predicted molar refractivity (Wildman–Crippen MR) is 62.7 cm³/mol. The lowest BCUT2D eigenvalue weighted by Gasteiger charge is -2.18. The van der Waals surface area contributed by atoms with Crippen LogP contribution in [-0.4, -0.2) is 33.6 Å². The average molecular weight is 256 g/mol. The van der Waals surface area contributed by atoms with Gasteiger partial charge in [0.1, 0.15) is 10.8 Å². The van der Waals surface area contributed by atoms with Gasteiger partial charge in [0.25, 0.3) is 5.91 Å². The second kappa shape index (κ2) is 5.42. The largest absolute Gasteiger partial charge is 0.396 e. The van der Waals surface area contributed by atoms with Crippen LogP contribution in [0.5, 0.6) is 0 Å². The van der Waals surface area contributed by atoms with Crippen molar-refractivity contribution in [3.63, 3.8) is 0 Å². The fourth-order valence-corrected chi connectivity index (χ4v) is 2.29. The molecule has 92 valence electrons. The third-order valence-corrected chi connectivity index (χ3v) is 3.23. The van der Waals surface area contributed by atoms with Crippen molar-refractivity contribution < 1.29 is 9.90 Å². The van der Waals surface area contributed by atoms with E-state index < -0.39 is 0 Å². The number of halogens is 1. The Hall–Kier alpha value is -1.20. The van der Waals surface area contributed by atoms with Gasteiger partial charge in [0.05, 0.1) is 12.4 Å². The summed E-state index contributed by atoms with van der Waals surface area (Å²) >= 11 is 5.67. The van der Waals surface area contributed by atoms with Gasteiger partial charge in [-0.2, -0.15) is 0 Å². The molecular weight excluding hydrogens is 242 g/mol. The van der Waals surface area contributed by atoms with E-state index in [1.54, 1.807) is 0 Å². The maximum absolute atomic E-state index is 11.9. The fourth-order valence-electron chi connectivity index (χ4n) is 2.14. The highest BCUT2D eigenvalue weighted by Crippen LogP contribution is 2.25. The first-order valence-electron chi connectivity index (χ1n) is 5.60. The van der Waals surface area contributed by atoms with Crippen molar-refractivity contribution in [3.05, 3.63) is 23.2 Å². The Bertz CT molecular complexity index is 413. The van der Waals surface area contributed by atoms with Crippen LogP contribution < -0.4 is 5.32 Å². The monoisotopic (exact) mass is 255 g/mol. The Morgan fingerprint density at radius 2 is 2.35 bits per heavy atom. The number of rotatable bonds is 3. The maximum atomic E-state index is 11.9. The van der Waals surface area contributed by atoms with E-state index in [0.717, 1.165) is 19.3 Å². The van der Waals surface area contributed by atoms with Crippen LogP contribution in [0.1, 0.15) is 29.8 Å². The van der Waals surface area contributed by atoms with Gasteiger partial charge in [0.2, 0.25) is 0 Å². The van der Waals surface area contributed by atoms with Gasteiger partial charge in [0.15, 0.2) is 0 Å². The van der Waals surface area contributed by atoms with E-state index in [0.29, 0.717) is 0 Å². The zero-order valence-electron chi connectivity index (χ0n) is 9.27. The van der Waals surface area contributed by atoms with Gasteiger partial charge in [-0.1, -0.05) is 18.0 Å². The third kappa shape index (κ3) is 2.92. The molecule has 2 unspecified atom stereocenters. The van der Waals surface area contributed by atoms with Gasteiger partial charge in [0, 0.05) is 18.6 Å². The summed E-state index contributed by atoms with van der Waals surface area (Å²) in [6.45, 7) is 0.103. The molecule has 6 heteroatoms. The summed E-state index contributed by atoms with van der Waals surface area (Å²) in [4.78, 5) is 19.6. The van der Waals surface area contributed by atoms with E-state index in [4.69, 9.17) is 16.7 Å². The number of hydrogen-bond donors (Lipinski definition) is 2. The Morgan fingerprint density at radius 3 is 3.06 bits per heavy atom. The molecule has 5 nitrogen and oxygen atoms in total. The second-order valence-corrected chi connectivity index (χ2v) is 4.57. The van der Waals surface area contributed by atoms with E-state index in [-0.39, 0.29) is 35.3 Å². The molecule has 0 radical (unpaired) electrons.